The lowest BCUT2D eigenvalue weighted by molar-refractivity contribution is 0.00507. The quantitative estimate of drug-likeness (QED) is 0.617. The maximum atomic E-state index is 10.1. The lowest BCUT2D eigenvalue weighted by atomic mass is 9.69. The lowest BCUT2D eigenvalue weighted by Gasteiger charge is -2.41. The molecule has 170 valence electrons. The largest absolute Gasteiger partial charge is 0.379 e. The molecule has 1 aliphatic heterocycles. The van der Waals surface area contributed by atoms with E-state index in [1.54, 1.807) is 6.20 Å². The van der Waals surface area contributed by atoms with Crippen LogP contribution in [0.25, 0.3) is 5.82 Å². The van der Waals surface area contributed by atoms with Crippen LogP contribution in [0.4, 0.5) is 17.6 Å². The molecule has 2 fully saturated rings. The van der Waals surface area contributed by atoms with Gasteiger partial charge in [0.1, 0.15) is 0 Å². The summed E-state index contributed by atoms with van der Waals surface area (Å²) in [5.41, 5.74) is 7.50. The van der Waals surface area contributed by atoms with Crippen LogP contribution in [0.2, 0.25) is 0 Å². The summed E-state index contributed by atoms with van der Waals surface area (Å²) in [6.07, 6.45) is 5.53. The molecule has 0 spiro atoms. The van der Waals surface area contributed by atoms with Gasteiger partial charge in [0, 0.05) is 31.0 Å². The third kappa shape index (κ3) is 4.40. The highest BCUT2D eigenvalue weighted by Crippen LogP contribution is 2.41. The van der Waals surface area contributed by atoms with Gasteiger partial charge in [0.25, 0.3) is 0 Å². The van der Waals surface area contributed by atoms with Crippen molar-refractivity contribution in [3.05, 3.63) is 54.2 Å². The zero-order valence-electron chi connectivity index (χ0n) is 18.5. The highest BCUT2D eigenvalue weighted by atomic mass is 16.5. The molecule has 0 unspecified atom stereocenters. The first kappa shape index (κ1) is 21.4. The Bertz CT molecular complexity index is 1110. The molecule has 2 aliphatic rings. The summed E-state index contributed by atoms with van der Waals surface area (Å²) in [5, 5.41) is 17.7. The van der Waals surface area contributed by atoms with Gasteiger partial charge in [0.05, 0.1) is 24.7 Å². The number of ether oxygens (including phenoxy) is 1. The van der Waals surface area contributed by atoms with Crippen LogP contribution in [0.1, 0.15) is 31.2 Å². The first-order valence-corrected chi connectivity index (χ1v) is 11.4. The first-order valence-electron chi connectivity index (χ1n) is 11.4. The number of rotatable bonds is 5. The van der Waals surface area contributed by atoms with Crippen molar-refractivity contribution in [3.63, 3.8) is 0 Å². The molecule has 33 heavy (non-hydrogen) atoms. The minimum atomic E-state index is -0.426. The Morgan fingerprint density at radius 3 is 2.52 bits per heavy atom. The third-order valence-electron chi connectivity index (χ3n) is 6.78. The fourth-order valence-electron chi connectivity index (χ4n) is 4.89. The fourth-order valence-corrected chi connectivity index (χ4v) is 4.89. The second kappa shape index (κ2) is 9.17. The number of nitrogens with two attached hydrogens (primary N) is 1. The minimum Gasteiger partial charge on any atom is -0.379 e. The summed E-state index contributed by atoms with van der Waals surface area (Å²) in [6.45, 7) is 3.63. The molecule has 1 saturated heterocycles. The van der Waals surface area contributed by atoms with E-state index in [0.717, 1.165) is 63.2 Å². The number of aromatic nitrogens is 4. The van der Waals surface area contributed by atoms with Crippen molar-refractivity contribution in [1.29, 1.82) is 5.26 Å². The monoisotopic (exact) mass is 444 g/mol. The van der Waals surface area contributed by atoms with Crippen molar-refractivity contribution < 1.29 is 4.74 Å². The highest BCUT2D eigenvalue weighted by Gasteiger charge is 2.38. The van der Waals surface area contributed by atoms with Crippen LogP contribution in [-0.4, -0.2) is 57.0 Å². The molecule has 1 aliphatic carbocycles. The highest BCUT2D eigenvalue weighted by molar-refractivity contribution is 5.56. The molecule has 1 aromatic carbocycles. The van der Waals surface area contributed by atoms with Crippen molar-refractivity contribution in [2.75, 3.05) is 37.4 Å². The zero-order valence-corrected chi connectivity index (χ0v) is 18.5. The molecule has 3 heterocycles. The van der Waals surface area contributed by atoms with Crippen LogP contribution in [0.5, 0.6) is 0 Å². The summed E-state index contributed by atoms with van der Waals surface area (Å²) < 4.78 is 6.98. The molecule has 2 aromatic heterocycles. The van der Waals surface area contributed by atoms with Crippen LogP contribution in [0, 0.1) is 11.3 Å². The number of nitrogens with one attached hydrogen (secondary N) is 1. The Kier molecular flexibility index (Phi) is 5.94. The molecule has 0 bridgehead atoms. The standard InChI is InChI=1S/C24H28N8O/c25-17-24(10-8-20(9-11-24)31-13-15-33-16-14-31)18-4-6-19(7-5-18)28-23-29-22(26)32(30-23)21-3-1-2-12-27-21/h1-7,12,20H,8-11,13-16H2,(H3,26,28,29,30)/t20-,24+. The average Bonchev–Trinajstić information content (AvgIpc) is 3.25. The van der Waals surface area contributed by atoms with Gasteiger partial charge in [-0.25, -0.2) is 4.98 Å². The van der Waals surface area contributed by atoms with Gasteiger partial charge in [-0.1, -0.05) is 18.2 Å². The van der Waals surface area contributed by atoms with E-state index in [1.165, 1.54) is 4.68 Å². The molecule has 0 amide bonds. The number of nitrogen functional groups attached to an aromatic ring is 1. The topological polar surface area (TPSA) is 118 Å². The van der Waals surface area contributed by atoms with Crippen LogP contribution >= 0.6 is 0 Å². The van der Waals surface area contributed by atoms with E-state index in [4.69, 9.17) is 10.5 Å². The molecule has 3 aromatic rings. The van der Waals surface area contributed by atoms with Gasteiger partial charge >= 0.3 is 0 Å². The lowest BCUT2D eigenvalue weighted by Crippen LogP contribution is -2.47. The SMILES string of the molecule is N#C[C@]1(c2ccc(Nc3nc(N)n(-c4ccccn4)n3)cc2)CC[C@@H](N2CCOCC2)CC1. The summed E-state index contributed by atoms with van der Waals surface area (Å²) in [5.74, 6) is 1.26. The molecule has 0 atom stereocenters. The minimum absolute atomic E-state index is 0.258. The maximum Gasteiger partial charge on any atom is 0.248 e. The molecule has 5 rings (SSSR count). The molecule has 9 heteroatoms. The van der Waals surface area contributed by atoms with Gasteiger partial charge in [0.2, 0.25) is 11.9 Å². The number of hydrogen-bond donors (Lipinski definition) is 2. The van der Waals surface area contributed by atoms with Crippen LogP contribution < -0.4 is 11.1 Å². The van der Waals surface area contributed by atoms with Gasteiger partial charge in [-0.15, -0.1) is 5.10 Å². The number of nitriles is 1. The van der Waals surface area contributed by atoms with Crippen LogP contribution in [0.15, 0.2) is 48.7 Å². The van der Waals surface area contributed by atoms with Crippen molar-refractivity contribution in [1.82, 2.24) is 24.6 Å². The molecular formula is C24H28N8O. The fraction of sp³-hybridized carbons (Fsp3) is 0.417. The average molecular weight is 445 g/mol. The number of morpholine rings is 1. The third-order valence-corrected chi connectivity index (χ3v) is 6.78. The number of nitrogens with zero attached hydrogens (tertiary/aromatic N) is 6. The summed E-state index contributed by atoms with van der Waals surface area (Å²) >= 11 is 0. The van der Waals surface area contributed by atoms with Gasteiger partial charge in [0.15, 0.2) is 5.82 Å². The number of benzene rings is 1. The molecular weight excluding hydrogens is 416 g/mol. The Morgan fingerprint density at radius 2 is 1.85 bits per heavy atom. The predicted molar refractivity (Wildman–Crippen MR) is 125 cm³/mol. The smallest absolute Gasteiger partial charge is 0.248 e. The van der Waals surface area contributed by atoms with E-state index < -0.39 is 5.41 Å². The summed E-state index contributed by atoms with van der Waals surface area (Å²) in [4.78, 5) is 11.1. The second-order valence-electron chi connectivity index (χ2n) is 8.67. The molecule has 3 N–H and O–H groups in total. The van der Waals surface area contributed by atoms with Crippen LogP contribution in [-0.2, 0) is 10.2 Å². The van der Waals surface area contributed by atoms with Crippen molar-refractivity contribution in [3.8, 4) is 11.9 Å². The van der Waals surface area contributed by atoms with E-state index in [1.807, 2.05) is 42.5 Å². The maximum absolute atomic E-state index is 10.1. The van der Waals surface area contributed by atoms with E-state index in [-0.39, 0.29) is 5.95 Å². The molecule has 0 radical (unpaired) electrons. The van der Waals surface area contributed by atoms with Crippen molar-refractivity contribution in [2.24, 2.45) is 0 Å². The summed E-state index contributed by atoms with van der Waals surface area (Å²) in [6, 6.07) is 16.7. The van der Waals surface area contributed by atoms with Crippen LogP contribution in [0.3, 0.4) is 0 Å². The van der Waals surface area contributed by atoms with E-state index in [0.29, 0.717) is 17.8 Å². The second-order valence-corrected chi connectivity index (χ2v) is 8.67. The van der Waals surface area contributed by atoms with Gasteiger partial charge in [-0.2, -0.15) is 14.9 Å². The first-order chi connectivity index (χ1) is 16.2. The van der Waals surface area contributed by atoms with Gasteiger partial charge < -0.3 is 15.8 Å². The normalized spacial score (nSPS) is 23.7. The van der Waals surface area contributed by atoms with Crippen molar-refractivity contribution >= 4 is 17.6 Å². The van der Waals surface area contributed by atoms with Gasteiger partial charge in [-0.05, 0) is 55.5 Å². The van der Waals surface area contributed by atoms with Crippen molar-refractivity contribution in [2.45, 2.75) is 37.1 Å². The molecule has 9 nitrogen and oxygen atoms in total. The Labute approximate surface area is 193 Å². The van der Waals surface area contributed by atoms with Gasteiger partial charge in [-0.3, -0.25) is 4.90 Å². The predicted octanol–water partition coefficient (Wildman–Crippen LogP) is 3.02. The van der Waals surface area contributed by atoms with E-state index >= 15 is 0 Å². The van der Waals surface area contributed by atoms with E-state index in [9.17, 15) is 5.26 Å². The Balaban J connectivity index is 1.26. The number of pyridine rings is 1. The number of anilines is 3. The Hall–Kier alpha value is -3.48. The summed E-state index contributed by atoms with van der Waals surface area (Å²) in [7, 11) is 0. The molecule has 1 saturated carbocycles. The zero-order chi connectivity index (χ0) is 22.7. The van der Waals surface area contributed by atoms with E-state index in [2.05, 4.69) is 31.4 Å². The number of hydrogen-bond acceptors (Lipinski definition) is 8. The Morgan fingerprint density at radius 1 is 1.09 bits per heavy atom.